The van der Waals surface area contributed by atoms with Crippen LogP contribution >= 0.6 is 11.3 Å². The Hall–Kier alpha value is -1.56. The van der Waals surface area contributed by atoms with Gasteiger partial charge in [0, 0.05) is 0 Å². The molecular formula is C12H17NO4S. The molecule has 0 fully saturated rings. The zero-order chi connectivity index (χ0) is 13.9. The van der Waals surface area contributed by atoms with Gasteiger partial charge in [-0.05, 0) is 38.8 Å². The molecule has 1 amide bonds. The van der Waals surface area contributed by atoms with E-state index in [1.807, 2.05) is 6.92 Å². The molecular weight excluding hydrogens is 254 g/mol. The quantitative estimate of drug-likeness (QED) is 0.883. The van der Waals surface area contributed by atoms with E-state index in [1.165, 1.54) is 0 Å². The lowest BCUT2D eigenvalue weighted by Crippen LogP contribution is -2.26. The van der Waals surface area contributed by atoms with Gasteiger partial charge in [0.1, 0.15) is 10.5 Å². The van der Waals surface area contributed by atoms with Gasteiger partial charge in [-0.25, -0.2) is 9.59 Å². The molecule has 0 unspecified atom stereocenters. The summed E-state index contributed by atoms with van der Waals surface area (Å²) in [7, 11) is 0. The fraction of sp³-hybridized carbons (Fsp3) is 0.500. The Morgan fingerprint density at radius 2 is 2.06 bits per heavy atom. The number of carboxylic acid groups (broad SMARTS) is 1. The molecule has 0 saturated carbocycles. The molecule has 0 saturated heterocycles. The summed E-state index contributed by atoms with van der Waals surface area (Å²) in [6.45, 7) is 7.16. The molecule has 0 spiro atoms. The Morgan fingerprint density at radius 3 is 2.44 bits per heavy atom. The van der Waals surface area contributed by atoms with E-state index >= 15 is 0 Å². The lowest BCUT2D eigenvalue weighted by atomic mass is 10.2. The average Bonchev–Trinajstić information content (AvgIpc) is 2.57. The Morgan fingerprint density at radius 1 is 1.44 bits per heavy atom. The molecule has 0 atom stereocenters. The lowest BCUT2D eigenvalue weighted by molar-refractivity contribution is 0.0634. The Bertz CT molecular complexity index is 459. The van der Waals surface area contributed by atoms with Gasteiger partial charge in [0.2, 0.25) is 0 Å². The van der Waals surface area contributed by atoms with Gasteiger partial charge in [-0.3, -0.25) is 5.32 Å². The van der Waals surface area contributed by atoms with Crippen LogP contribution in [0.4, 0.5) is 9.80 Å². The summed E-state index contributed by atoms with van der Waals surface area (Å²) in [6.07, 6.45) is 0.0251. The number of anilines is 1. The number of nitrogens with one attached hydrogen (secondary N) is 1. The number of carbonyl (C=O) groups excluding carboxylic acids is 1. The highest BCUT2D eigenvalue weighted by Gasteiger charge is 2.19. The largest absolute Gasteiger partial charge is 0.477 e. The number of carbonyl (C=O) groups is 2. The lowest BCUT2D eigenvalue weighted by Gasteiger charge is -2.19. The van der Waals surface area contributed by atoms with Crippen molar-refractivity contribution in [3.05, 3.63) is 16.5 Å². The molecule has 6 heteroatoms. The summed E-state index contributed by atoms with van der Waals surface area (Å²) >= 11 is 1.04. The highest BCUT2D eigenvalue weighted by Crippen LogP contribution is 2.28. The van der Waals surface area contributed by atoms with Gasteiger partial charge >= 0.3 is 12.1 Å². The first-order valence-corrected chi connectivity index (χ1v) is 6.40. The van der Waals surface area contributed by atoms with Crippen molar-refractivity contribution in [3.8, 4) is 0 Å². The van der Waals surface area contributed by atoms with Gasteiger partial charge in [0.05, 0.1) is 5.00 Å². The normalized spacial score (nSPS) is 11.1. The van der Waals surface area contributed by atoms with E-state index in [0.717, 1.165) is 11.3 Å². The number of hydrogen-bond acceptors (Lipinski definition) is 4. The molecule has 18 heavy (non-hydrogen) atoms. The van der Waals surface area contributed by atoms with Crippen LogP contribution in [0.2, 0.25) is 0 Å². The number of aryl methyl sites for hydroxylation is 1. The minimum atomic E-state index is -0.978. The summed E-state index contributed by atoms with van der Waals surface area (Å²) in [4.78, 5) is 22.8. The zero-order valence-corrected chi connectivity index (χ0v) is 11.7. The van der Waals surface area contributed by atoms with E-state index < -0.39 is 17.7 Å². The van der Waals surface area contributed by atoms with Crippen LogP contribution in [0, 0.1) is 0 Å². The number of amides is 1. The molecule has 0 aliphatic heterocycles. The maximum absolute atomic E-state index is 11.5. The first-order valence-electron chi connectivity index (χ1n) is 5.59. The number of carboxylic acids is 1. The number of rotatable bonds is 3. The van der Waals surface area contributed by atoms with Crippen LogP contribution in [0.1, 0.15) is 42.9 Å². The van der Waals surface area contributed by atoms with Crippen molar-refractivity contribution in [1.29, 1.82) is 0 Å². The van der Waals surface area contributed by atoms with Crippen molar-refractivity contribution < 1.29 is 19.4 Å². The third-order valence-electron chi connectivity index (χ3n) is 2.01. The Kier molecular flexibility index (Phi) is 4.34. The van der Waals surface area contributed by atoms with Crippen molar-refractivity contribution in [1.82, 2.24) is 0 Å². The van der Waals surface area contributed by atoms with Crippen molar-refractivity contribution in [2.75, 3.05) is 5.32 Å². The minimum absolute atomic E-state index is 0.253. The third kappa shape index (κ3) is 4.03. The smallest absolute Gasteiger partial charge is 0.412 e. The maximum Gasteiger partial charge on any atom is 0.412 e. The van der Waals surface area contributed by atoms with E-state index in [1.54, 1.807) is 26.8 Å². The molecule has 5 nitrogen and oxygen atoms in total. The van der Waals surface area contributed by atoms with E-state index in [-0.39, 0.29) is 4.88 Å². The highest BCUT2D eigenvalue weighted by atomic mass is 32.1. The van der Waals surface area contributed by atoms with Gasteiger partial charge in [-0.1, -0.05) is 6.92 Å². The summed E-state index contributed by atoms with van der Waals surface area (Å²) in [5.74, 6) is -0.978. The standard InChI is InChI=1S/C12H17NO4S/c1-5-7-6-8(18-9(7)10(14)15)13-11(16)17-12(2,3)4/h6H,5H2,1-4H3,(H,13,16)(H,14,15). The Labute approximate surface area is 110 Å². The molecule has 0 aromatic carbocycles. The van der Waals surface area contributed by atoms with Crippen LogP contribution in [-0.2, 0) is 11.2 Å². The van der Waals surface area contributed by atoms with Gasteiger partial charge in [0.25, 0.3) is 0 Å². The summed E-state index contributed by atoms with van der Waals surface area (Å²) in [6, 6.07) is 1.66. The zero-order valence-electron chi connectivity index (χ0n) is 10.9. The molecule has 100 valence electrons. The second kappa shape index (κ2) is 5.39. The fourth-order valence-corrected chi connectivity index (χ4v) is 2.32. The molecule has 1 aromatic heterocycles. The fourth-order valence-electron chi connectivity index (χ4n) is 1.34. The number of aromatic carboxylic acids is 1. The van der Waals surface area contributed by atoms with Gasteiger partial charge in [-0.2, -0.15) is 0 Å². The van der Waals surface area contributed by atoms with Crippen LogP contribution in [-0.4, -0.2) is 22.8 Å². The van der Waals surface area contributed by atoms with Crippen LogP contribution in [0.15, 0.2) is 6.07 Å². The van der Waals surface area contributed by atoms with Gasteiger partial charge in [0.15, 0.2) is 0 Å². The summed E-state index contributed by atoms with van der Waals surface area (Å²) in [5.41, 5.74) is 0.128. The van der Waals surface area contributed by atoms with E-state index in [0.29, 0.717) is 17.0 Å². The molecule has 0 aliphatic rings. The van der Waals surface area contributed by atoms with Crippen LogP contribution in [0.5, 0.6) is 0 Å². The van der Waals surface area contributed by atoms with Crippen molar-refractivity contribution >= 4 is 28.4 Å². The second-order valence-electron chi connectivity index (χ2n) is 4.75. The Balaban J connectivity index is 2.80. The SMILES string of the molecule is CCc1cc(NC(=O)OC(C)(C)C)sc1C(=O)O. The van der Waals surface area contributed by atoms with Crippen LogP contribution in [0.25, 0.3) is 0 Å². The topological polar surface area (TPSA) is 75.6 Å². The minimum Gasteiger partial charge on any atom is -0.477 e. The molecule has 0 radical (unpaired) electrons. The van der Waals surface area contributed by atoms with E-state index in [4.69, 9.17) is 9.84 Å². The van der Waals surface area contributed by atoms with Gasteiger partial charge < -0.3 is 9.84 Å². The summed E-state index contributed by atoms with van der Waals surface area (Å²) < 4.78 is 5.09. The molecule has 0 aliphatic carbocycles. The van der Waals surface area contributed by atoms with Crippen LogP contribution < -0.4 is 5.32 Å². The molecule has 1 aromatic rings. The van der Waals surface area contributed by atoms with Crippen LogP contribution in [0.3, 0.4) is 0 Å². The van der Waals surface area contributed by atoms with Crippen molar-refractivity contribution in [2.24, 2.45) is 0 Å². The average molecular weight is 271 g/mol. The highest BCUT2D eigenvalue weighted by molar-refractivity contribution is 7.18. The number of ether oxygens (including phenoxy) is 1. The molecule has 2 N–H and O–H groups in total. The first-order chi connectivity index (χ1) is 8.23. The molecule has 1 heterocycles. The number of thiophene rings is 1. The summed E-state index contributed by atoms with van der Waals surface area (Å²) in [5, 5.41) is 12.0. The van der Waals surface area contributed by atoms with E-state index in [9.17, 15) is 9.59 Å². The maximum atomic E-state index is 11.5. The van der Waals surface area contributed by atoms with E-state index in [2.05, 4.69) is 5.32 Å². The predicted octanol–water partition coefficient (Wildman–Crippen LogP) is 3.36. The van der Waals surface area contributed by atoms with Gasteiger partial charge in [-0.15, -0.1) is 11.3 Å². The molecule has 1 rings (SSSR count). The molecule has 0 bridgehead atoms. The van der Waals surface area contributed by atoms with Crippen molar-refractivity contribution in [2.45, 2.75) is 39.7 Å². The monoisotopic (exact) mass is 271 g/mol. The first kappa shape index (κ1) is 14.5. The van der Waals surface area contributed by atoms with Crippen molar-refractivity contribution in [3.63, 3.8) is 0 Å². The second-order valence-corrected chi connectivity index (χ2v) is 5.80. The predicted molar refractivity (Wildman–Crippen MR) is 70.5 cm³/mol. The third-order valence-corrected chi connectivity index (χ3v) is 3.09. The number of hydrogen-bond donors (Lipinski definition) is 2.